The van der Waals surface area contributed by atoms with Gasteiger partial charge in [0.25, 0.3) is 5.69 Å². The van der Waals surface area contributed by atoms with Crippen molar-refractivity contribution in [1.82, 2.24) is 4.90 Å². The van der Waals surface area contributed by atoms with Crippen LogP contribution in [0.25, 0.3) is 0 Å². The van der Waals surface area contributed by atoms with Gasteiger partial charge >= 0.3 is 5.97 Å². The molecule has 1 aromatic carbocycles. The van der Waals surface area contributed by atoms with Crippen LogP contribution < -0.4 is 0 Å². The van der Waals surface area contributed by atoms with Crippen molar-refractivity contribution in [2.24, 2.45) is 0 Å². The van der Waals surface area contributed by atoms with Crippen LogP contribution in [0.5, 0.6) is 0 Å². The van der Waals surface area contributed by atoms with Crippen molar-refractivity contribution in [3.63, 3.8) is 0 Å². The summed E-state index contributed by atoms with van der Waals surface area (Å²) < 4.78 is 5.07. The first-order valence-corrected chi connectivity index (χ1v) is 7.15. The Balaban J connectivity index is 2.26. The SMILES string of the molecule is CCOC(=O)C(C)N1CCc2ccc([N+](=O)[O-])cc2C1C. The Bertz CT molecular complexity index is 559. The highest BCUT2D eigenvalue weighted by Gasteiger charge is 2.32. The standard InChI is InChI=1S/C15H20N2O4/c1-4-21-15(18)11(3)16-8-7-12-5-6-13(17(19)20)9-14(12)10(16)2/h5-6,9-11H,4,7-8H2,1-3H3. The molecule has 2 rings (SSSR count). The summed E-state index contributed by atoms with van der Waals surface area (Å²) in [5, 5.41) is 10.9. The van der Waals surface area contributed by atoms with Crippen molar-refractivity contribution in [1.29, 1.82) is 0 Å². The third kappa shape index (κ3) is 3.05. The van der Waals surface area contributed by atoms with Gasteiger partial charge in [-0.15, -0.1) is 0 Å². The zero-order valence-corrected chi connectivity index (χ0v) is 12.5. The summed E-state index contributed by atoms with van der Waals surface area (Å²) in [7, 11) is 0. The number of benzene rings is 1. The monoisotopic (exact) mass is 292 g/mol. The highest BCUT2D eigenvalue weighted by atomic mass is 16.6. The third-order valence-corrected chi connectivity index (χ3v) is 4.05. The van der Waals surface area contributed by atoms with E-state index in [2.05, 4.69) is 0 Å². The molecule has 6 nitrogen and oxygen atoms in total. The van der Waals surface area contributed by atoms with Gasteiger partial charge in [-0.05, 0) is 38.3 Å². The number of esters is 1. The molecule has 2 unspecified atom stereocenters. The van der Waals surface area contributed by atoms with E-state index in [0.717, 1.165) is 24.1 Å². The van der Waals surface area contributed by atoms with E-state index in [4.69, 9.17) is 4.74 Å². The number of hydrogen-bond donors (Lipinski definition) is 0. The Morgan fingerprint density at radius 3 is 2.90 bits per heavy atom. The number of carbonyl (C=O) groups is 1. The van der Waals surface area contributed by atoms with Gasteiger partial charge in [0, 0.05) is 24.7 Å². The van der Waals surface area contributed by atoms with Crippen LogP contribution in [0.15, 0.2) is 18.2 Å². The normalized spacial score (nSPS) is 19.7. The lowest BCUT2D eigenvalue weighted by molar-refractivity contribution is -0.385. The van der Waals surface area contributed by atoms with Gasteiger partial charge in [-0.25, -0.2) is 0 Å². The largest absolute Gasteiger partial charge is 0.465 e. The molecule has 114 valence electrons. The summed E-state index contributed by atoms with van der Waals surface area (Å²) >= 11 is 0. The lowest BCUT2D eigenvalue weighted by Gasteiger charge is -2.38. The molecule has 21 heavy (non-hydrogen) atoms. The Kier molecular flexibility index (Phi) is 4.57. The fraction of sp³-hybridized carbons (Fsp3) is 0.533. The lowest BCUT2D eigenvalue weighted by Crippen LogP contribution is -2.45. The van der Waals surface area contributed by atoms with Crippen molar-refractivity contribution >= 4 is 11.7 Å². The second-order valence-electron chi connectivity index (χ2n) is 5.23. The van der Waals surface area contributed by atoms with Crippen LogP contribution in [-0.2, 0) is 16.0 Å². The number of nitrogens with zero attached hydrogens (tertiary/aromatic N) is 2. The maximum atomic E-state index is 11.9. The Morgan fingerprint density at radius 2 is 2.29 bits per heavy atom. The second kappa shape index (κ2) is 6.22. The molecule has 0 N–H and O–H groups in total. The number of ether oxygens (including phenoxy) is 1. The molecular formula is C15H20N2O4. The molecule has 0 bridgehead atoms. The van der Waals surface area contributed by atoms with Gasteiger partial charge in [0.1, 0.15) is 6.04 Å². The Labute approximate surface area is 123 Å². The minimum Gasteiger partial charge on any atom is -0.465 e. The first-order chi connectivity index (χ1) is 9.95. The number of hydrogen-bond acceptors (Lipinski definition) is 5. The van der Waals surface area contributed by atoms with Gasteiger partial charge in [0.15, 0.2) is 0 Å². The van der Waals surface area contributed by atoms with Gasteiger partial charge < -0.3 is 4.74 Å². The highest BCUT2D eigenvalue weighted by Crippen LogP contribution is 2.33. The zero-order chi connectivity index (χ0) is 15.6. The zero-order valence-electron chi connectivity index (χ0n) is 12.5. The highest BCUT2D eigenvalue weighted by molar-refractivity contribution is 5.75. The number of non-ortho nitro benzene ring substituents is 1. The van der Waals surface area contributed by atoms with Gasteiger partial charge in [0.05, 0.1) is 11.5 Å². The molecule has 1 aliphatic rings. The molecule has 0 saturated carbocycles. The van der Waals surface area contributed by atoms with Gasteiger partial charge in [-0.1, -0.05) is 6.07 Å². The van der Waals surface area contributed by atoms with E-state index < -0.39 is 0 Å². The van der Waals surface area contributed by atoms with Crippen LogP contribution in [0.4, 0.5) is 5.69 Å². The van der Waals surface area contributed by atoms with E-state index in [-0.39, 0.29) is 28.7 Å². The minimum absolute atomic E-state index is 0.0481. The van der Waals surface area contributed by atoms with Crippen LogP contribution in [0.3, 0.4) is 0 Å². The van der Waals surface area contributed by atoms with Crippen molar-refractivity contribution in [2.45, 2.75) is 39.3 Å². The van der Waals surface area contributed by atoms with Crippen LogP contribution >= 0.6 is 0 Å². The van der Waals surface area contributed by atoms with Gasteiger partial charge in [-0.2, -0.15) is 0 Å². The maximum Gasteiger partial charge on any atom is 0.323 e. The summed E-state index contributed by atoms with van der Waals surface area (Å²) in [5.74, 6) is -0.252. The molecule has 0 aromatic heterocycles. The van der Waals surface area contributed by atoms with Gasteiger partial charge in [0.2, 0.25) is 0 Å². The van der Waals surface area contributed by atoms with E-state index >= 15 is 0 Å². The molecule has 0 amide bonds. The molecule has 1 aromatic rings. The molecule has 0 aliphatic carbocycles. The second-order valence-corrected chi connectivity index (χ2v) is 5.23. The fourth-order valence-electron chi connectivity index (χ4n) is 2.86. The molecule has 0 spiro atoms. The summed E-state index contributed by atoms with van der Waals surface area (Å²) in [6, 6.07) is 4.57. The summed E-state index contributed by atoms with van der Waals surface area (Å²) in [6.45, 7) is 6.66. The van der Waals surface area contributed by atoms with E-state index in [1.165, 1.54) is 6.07 Å². The first kappa shape index (κ1) is 15.4. The molecule has 2 atom stereocenters. The first-order valence-electron chi connectivity index (χ1n) is 7.15. The minimum atomic E-state index is -0.388. The summed E-state index contributed by atoms with van der Waals surface area (Å²) in [4.78, 5) is 24.5. The predicted molar refractivity (Wildman–Crippen MR) is 78.0 cm³/mol. The molecule has 0 fully saturated rings. The third-order valence-electron chi connectivity index (χ3n) is 4.05. The average Bonchev–Trinajstić information content (AvgIpc) is 2.47. The lowest BCUT2D eigenvalue weighted by atomic mass is 9.92. The Morgan fingerprint density at radius 1 is 1.57 bits per heavy atom. The van der Waals surface area contributed by atoms with E-state index in [0.29, 0.717) is 6.61 Å². The van der Waals surface area contributed by atoms with E-state index in [1.807, 2.05) is 24.8 Å². The quantitative estimate of drug-likeness (QED) is 0.484. The summed E-state index contributed by atoms with van der Waals surface area (Å²) in [6.07, 6.45) is 0.779. The Hall–Kier alpha value is -1.95. The molecule has 6 heteroatoms. The topological polar surface area (TPSA) is 72.7 Å². The number of fused-ring (bicyclic) bond motifs is 1. The van der Waals surface area contributed by atoms with Crippen LogP contribution in [0.1, 0.15) is 37.9 Å². The number of nitro groups is 1. The molecule has 0 radical (unpaired) electrons. The summed E-state index contributed by atoms with van der Waals surface area (Å²) in [5.41, 5.74) is 2.12. The van der Waals surface area contributed by atoms with Crippen molar-refractivity contribution in [2.75, 3.05) is 13.2 Å². The van der Waals surface area contributed by atoms with Crippen LogP contribution in [-0.4, -0.2) is 35.0 Å². The van der Waals surface area contributed by atoms with Crippen molar-refractivity contribution in [3.05, 3.63) is 39.4 Å². The molecular weight excluding hydrogens is 272 g/mol. The van der Waals surface area contributed by atoms with E-state index in [1.54, 1.807) is 13.0 Å². The molecule has 1 aliphatic heterocycles. The van der Waals surface area contributed by atoms with Crippen molar-refractivity contribution in [3.8, 4) is 0 Å². The maximum absolute atomic E-state index is 11.9. The van der Waals surface area contributed by atoms with Crippen LogP contribution in [0, 0.1) is 10.1 Å². The van der Waals surface area contributed by atoms with Gasteiger partial charge in [-0.3, -0.25) is 19.8 Å². The van der Waals surface area contributed by atoms with Crippen molar-refractivity contribution < 1.29 is 14.5 Å². The number of nitro benzene ring substituents is 1. The number of rotatable bonds is 4. The fourth-order valence-corrected chi connectivity index (χ4v) is 2.86. The smallest absolute Gasteiger partial charge is 0.323 e. The number of carbonyl (C=O) groups excluding carboxylic acids is 1. The average molecular weight is 292 g/mol. The van der Waals surface area contributed by atoms with Crippen LogP contribution in [0.2, 0.25) is 0 Å². The predicted octanol–water partition coefficient (Wildman–Crippen LogP) is 2.47. The molecule has 1 heterocycles. The van der Waals surface area contributed by atoms with E-state index in [9.17, 15) is 14.9 Å². The molecule has 0 saturated heterocycles.